The van der Waals surface area contributed by atoms with Crippen molar-refractivity contribution in [3.8, 4) is 0 Å². The second-order valence-corrected chi connectivity index (χ2v) is 7.11. The maximum atomic E-state index is 3.47. The lowest BCUT2D eigenvalue weighted by molar-refractivity contribution is 0.195. The van der Waals surface area contributed by atoms with E-state index in [1.54, 1.807) is 4.88 Å². The van der Waals surface area contributed by atoms with Crippen LogP contribution in [0, 0.1) is 12.8 Å². The molecular formula is C15H25ClN2S. The van der Waals surface area contributed by atoms with Crippen LogP contribution in [0.2, 0.25) is 0 Å². The van der Waals surface area contributed by atoms with Crippen molar-refractivity contribution in [3.05, 3.63) is 21.9 Å². The summed E-state index contributed by atoms with van der Waals surface area (Å²) >= 11 is 2.00. The molecular weight excluding hydrogens is 276 g/mol. The minimum absolute atomic E-state index is 0. The van der Waals surface area contributed by atoms with E-state index in [1.807, 2.05) is 11.3 Å². The van der Waals surface area contributed by atoms with Crippen molar-refractivity contribution in [2.45, 2.75) is 38.6 Å². The third kappa shape index (κ3) is 3.72. The highest BCUT2D eigenvalue weighted by atomic mass is 35.5. The second-order valence-electron chi connectivity index (χ2n) is 5.79. The molecule has 2 nitrogen and oxygen atoms in total. The number of aryl methyl sites for hydroxylation is 1. The normalized spacial score (nSPS) is 25.4. The molecule has 0 saturated carbocycles. The fourth-order valence-electron chi connectivity index (χ4n) is 3.40. The zero-order valence-electron chi connectivity index (χ0n) is 11.7. The molecule has 2 aliphatic heterocycles. The van der Waals surface area contributed by atoms with E-state index >= 15 is 0 Å². The Morgan fingerprint density at radius 2 is 2.05 bits per heavy atom. The molecule has 3 rings (SSSR count). The number of thiophene rings is 1. The smallest absolute Gasteiger partial charge is 0.0442 e. The molecule has 1 unspecified atom stereocenters. The van der Waals surface area contributed by atoms with Gasteiger partial charge in [-0.15, -0.1) is 23.7 Å². The Bertz CT molecular complexity index is 387. The zero-order valence-corrected chi connectivity index (χ0v) is 13.4. The lowest BCUT2D eigenvalue weighted by Gasteiger charge is -2.30. The number of hydrogen-bond donors (Lipinski definition) is 1. The van der Waals surface area contributed by atoms with Crippen LogP contribution in [0.3, 0.4) is 0 Å². The average Bonchev–Trinajstić information content (AvgIpc) is 2.99. The van der Waals surface area contributed by atoms with E-state index in [0.29, 0.717) is 0 Å². The third-order valence-electron chi connectivity index (χ3n) is 4.40. The quantitative estimate of drug-likeness (QED) is 0.917. The minimum Gasteiger partial charge on any atom is -0.317 e. The van der Waals surface area contributed by atoms with Crippen molar-refractivity contribution < 1.29 is 0 Å². The van der Waals surface area contributed by atoms with E-state index in [-0.39, 0.29) is 12.4 Å². The molecule has 1 atom stereocenters. The lowest BCUT2D eigenvalue weighted by atomic mass is 9.97. The van der Waals surface area contributed by atoms with E-state index in [4.69, 9.17) is 0 Å². The van der Waals surface area contributed by atoms with Crippen LogP contribution in [0.15, 0.2) is 12.1 Å². The molecule has 0 aromatic carbocycles. The molecule has 19 heavy (non-hydrogen) atoms. The van der Waals surface area contributed by atoms with Gasteiger partial charge in [-0.05, 0) is 70.3 Å². The summed E-state index contributed by atoms with van der Waals surface area (Å²) in [5, 5.41) is 3.47. The van der Waals surface area contributed by atoms with Crippen LogP contribution in [0.4, 0.5) is 0 Å². The molecule has 0 bridgehead atoms. The SMILES string of the molecule is Cc1ccc(C2CCCN2CC2CCNCC2)s1.Cl. The van der Waals surface area contributed by atoms with Crippen LogP contribution < -0.4 is 5.32 Å². The Morgan fingerprint density at radius 1 is 1.26 bits per heavy atom. The number of nitrogens with one attached hydrogen (secondary N) is 1. The standard InChI is InChI=1S/C15H24N2S.ClH/c1-12-4-5-15(18-12)14-3-2-10-17(14)11-13-6-8-16-9-7-13;/h4-5,13-14,16H,2-3,6-11H2,1H3;1H. The van der Waals surface area contributed by atoms with Gasteiger partial charge >= 0.3 is 0 Å². The van der Waals surface area contributed by atoms with Gasteiger partial charge < -0.3 is 5.32 Å². The van der Waals surface area contributed by atoms with Crippen molar-refractivity contribution in [3.63, 3.8) is 0 Å². The summed E-state index contributed by atoms with van der Waals surface area (Å²) in [5.41, 5.74) is 0. The summed E-state index contributed by atoms with van der Waals surface area (Å²) < 4.78 is 0. The average molecular weight is 301 g/mol. The van der Waals surface area contributed by atoms with E-state index in [1.165, 1.54) is 56.7 Å². The molecule has 2 fully saturated rings. The van der Waals surface area contributed by atoms with Crippen LogP contribution in [-0.4, -0.2) is 31.1 Å². The first kappa shape index (κ1) is 15.3. The van der Waals surface area contributed by atoms with Crippen molar-refractivity contribution in [1.29, 1.82) is 0 Å². The largest absolute Gasteiger partial charge is 0.317 e. The fraction of sp³-hybridized carbons (Fsp3) is 0.733. The zero-order chi connectivity index (χ0) is 12.4. The fourth-order valence-corrected chi connectivity index (χ4v) is 4.44. The molecule has 2 aliphatic rings. The van der Waals surface area contributed by atoms with Crippen LogP contribution in [0.25, 0.3) is 0 Å². The minimum atomic E-state index is 0. The number of halogens is 1. The molecule has 1 N–H and O–H groups in total. The van der Waals surface area contributed by atoms with Crippen molar-refractivity contribution in [1.82, 2.24) is 10.2 Å². The molecule has 3 heterocycles. The topological polar surface area (TPSA) is 15.3 Å². The summed E-state index contributed by atoms with van der Waals surface area (Å²) in [6, 6.07) is 5.35. The Hall–Kier alpha value is -0.0900. The molecule has 0 radical (unpaired) electrons. The van der Waals surface area contributed by atoms with Gasteiger partial charge in [0.05, 0.1) is 0 Å². The number of likely N-dealkylation sites (tertiary alicyclic amines) is 1. The van der Waals surface area contributed by atoms with Crippen molar-refractivity contribution >= 4 is 23.7 Å². The molecule has 0 aliphatic carbocycles. The first-order valence-electron chi connectivity index (χ1n) is 7.34. The van der Waals surface area contributed by atoms with Gasteiger partial charge in [0.25, 0.3) is 0 Å². The maximum Gasteiger partial charge on any atom is 0.0442 e. The van der Waals surface area contributed by atoms with Gasteiger partial charge in [0.15, 0.2) is 0 Å². The van der Waals surface area contributed by atoms with E-state index < -0.39 is 0 Å². The predicted octanol–water partition coefficient (Wildman–Crippen LogP) is 3.61. The lowest BCUT2D eigenvalue weighted by Crippen LogP contribution is -2.35. The number of nitrogens with zero attached hydrogens (tertiary/aromatic N) is 1. The Labute approximate surface area is 127 Å². The first-order valence-corrected chi connectivity index (χ1v) is 8.15. The molecule has 4 heteroatoms. The molecule has 1 aromatic rings. The Balaban J connectivity index is 0.00000133. The molecule has 1 aromatic heterocycles. The van der Waals surface area contributed by atoms with Gasteiger partial charge in [-0.1, -0.05) is 0 Å². The molecule has 108 valence electrons. The Morgan fingerprint density at radius 3 is 2.74 bits per heavy atom. The molecule has 0 spiro atoms. The first-order chi connectivity index (χ1) is 8.83. The van der Waals surface area contributed by atoms with Gasteiger partial charge in [-0.2, -0.15) is 0 Å². The van der Waals surface area contributed by atoms with Gasteiger partial charge in [0.1, 0.15) is 0 Å². The van der Waals surface area contributed by atoms with E-state index in [0.717, 1.165) is 12.0 Å². The summed E-state index contributed by atoms with van der Waals surface area (Å²) in [6.45, 7) is 7.30. The second kappa shape index (κ2) is 7.07. The number of piperidine rings is 1. The van der Waals surface area contributed by atoms with Crippen molar-refractivity contribution in [2.75, 3.05) is 26.2 Å². The van der Waals surface area contributed by atoms with Gasteiger partial charge in [0.2, 0.25) is 0 Å². The van der Waals surface area contributed by atoms with Gasteiger partial charge in [-0.3, -0.25) is 4.90 Å². The third-order valence-corrected chi connectivity index (χ3v) is 5.51. The Kier molecular flexibility index (Phi) is 5.70. The predicted molar refractivity (Wildman–Crippen MR) is 85.4 cm³/mol. The highest BCUT2D eigenvalue weighted by molar-refractivity contribution is 7.12. The van der Waals surface area contributed by atoms with E-state index in [9.17, 15) is 0 Å². The van der Waals surface area contributed by atoms with Crippen LogP contribution in [-0.2, 0) is 0 Å². The summed E-state index contributed by atoms with van der Waals surface area (Å²) in [6.07, 6.45) is 5.48. The maximum absolute atomic E-state index is 3.47. The number of rotatable bonds is 3. The van der Waals surface area contributed by atoms with Crippen LogP contribution in [0.5, 0.6) is 0 Å². The van der Waals surface area contributed by atoms with Crippen LogP contribution in [0.1, 0.15) is 41.5 Å². The monoisotopic (exact) mass is 300 g/mol. The van der Waals surface area contributed by atoms with E-state index in [2.05, 4.69) is 29.3 Å². The summed E-state index contributed by atoms with van der Waals surface area (Å²) in [4.78, 5) is 5.80. The van der Waals surface area contributed by atoms with Crippen molar-refractivity contribution in [2.24, 2.45) is 5.92 Å². The highest BCUT2D eigenvalue weighted by Gasteiger charge is 2.29. The molecule has 2 saturated heterocycles. The molecule has 0 amide bonds. The van der Waals surface area contributed by atoms with Crippen LogP contribution >= 0.6 is 23.7 Å². The number of hydrogen-bond acceptors (Lipinski definition) is 3. The summed E-state index contributed by atoms with van der Waals surface area (Å²) in [5.74, 6) is 0.924. The van der Waals surface area contributed by atoms with Gasteiger partial charge in [0, 0.05) is 22.3 Å². The highest BCUT2D eigenvalue weighted by Crippen LogP contribution is 2.36. The van der Waals surface area contributed by atoms with Gasteiger partial charge in [-0.25, -0.2) is 0 Å². The summed E-state index contributed by atoms with van der Waals surface area (Å²) in [7, 11) is 0.